The first-order chi connectivity index (χ1) is 17.6. The lowest BCUT2D eigenvalue weighted by atomic mass is 10.0. The van der Waals surface area contributed by atoms with Gasteiger partial charge in [-0.1, -0.05) is 19.1 Å². The van der Waals surface area contributed by atoms with Gasteiger partial charge >= 0.3 is 5.97 Å². The Hall–Kier alpha value is -3.70. The van der Waals surface area contributed by atoms with Crippen LogP contribution in [0.4, 0.5) is 0 Å². The summed E-state index contributed by atoms with van der Waals surface area (Å²) >= 11 is 0. The number of hydrogen-bond donors (Lipinski definition) is 7. The average molecular weight is 513 g/mol. The van der Waals surface area contributed by atoms with E-state index in [9.17, 15) is 19.5 Å². The number of fused-ring (bicyclic) bond motifs is 1. The Balaban J connectivity index is 1.45. The first-order valence-electron chi connectivity index (χ1n) is 12.4. The second-order valence-corrected chi connectivity index (χ2v) is 9.28. The molecule has 0 fully saturated rings. The topological polar surface area (TPSA) is 197 Å². The van der Waals surface area contributed by atoms with Gasteiger partial charge < -0.3 is 36.9 Å². The van der Waals surface area contributed by atoms with Crippen molar-refractivity contribution in [2.24, 2.45) is 11.5 Å². The summed E-state index contributed by atoms with van der Waals surface area (Å²) in [4.78, 5) is 36.5. The van der Waals surface area contributed by atoms with Crippen LogP contribution in [0.2, 0.25) is 0 Å². The molecule has 2 aromatic rings. The van der Waals surface area contributed by atoms with E-state index < -0.39 is 30.0 Å². The quantitative estimate of drug-likeness (QED) is 0.0887. The van der Waals surface area contributed by atoms with Crippen molar-refractivity contribution in [2.75, 3.05) is 13.1 Å². The summed E-state index contributed by atoms with van der Waals surface area (Å²) in [6, 6.07) is 3.55. The van der Waals surface area contributed by atoms with Gasteiger partial charge in [-0.3, -0.25) is 15.0 Å². The summed E-state index contributed by atoms with van der Waals surface area (Å²) in [5, 5.41) is 26.5. The maximum Gasteiger partial charge on any atom is 0.326 e. The Kier molecular flexibility index (Phi) is 9.42. The number of aliphatic carboxylic acids is 1. The molecule has 1 aliphatic heterocycles. The first-order valence-corrected chi connectivity index (χ1v) is 12.4. The minimum atomic E-state index is -1.15. The number of amides is 2. The van der Waals surface area contributed by atoms with Gasteiger partial charge in [-0.05, 0) is 55.0 Å². The summed E-state index contributed by atoms with van der Waals surface area (Å²) in [7, 11) is 0. The van der Waals surface area contributed by atoms with Gasteiger partial charge in [0.15, 0.2) is 0 Å². The van der Waals surface area contributed by atoms with E-state index in [0.717, 1.165) is 28.5 Å². The van der Waals surface area contributed by atoms with Crippen molar-refractivity contribution in [1.29, 1.82) is 5.41 Å². The zero-order chi connectivity index (χ0) is 27.1. The van der Waals surface area contributed by atoms with Gasteiger partial charge in [0.1, 0.15) is 23.2 Å². The lowest BCUT2D eigenvalue weighted by Gasteiger charge is -2.18. The molecule has 1 aromatic carbocycles. The molecule has 0 saturated carbocycles. The van der Waals surface area contributed by atoms with Crippen molar-refractivity contribution in [3.05, 3.63) is 46.7 Å². The molecule has 11 heteroatoms. The third kappa shape index (κ3) is 7.17. The van der Waals surface area contributed by atoms with Crippen molar-refractivity contribution in [2.45, 2.75) is 64.1 Å². The zero-order valence-corrected chi connectivity index (χ0v) is 21.2. The Labute approximate surface area is 215 Å². The summed E-state index contributed by atoms with van der Waals surface area (Å²) in [6.07, 6.45) is 3.41. The molecule has 2 amide bonds. The lowest BCUT2D eigenvalue weighted by Crippen LogP contribution is -2.44. The normalized spacial score (nSPS) is 16.7. The SMILES string of the molecule is CCc1ccc2oc(CC(NC(=O)CCCNC(=O)C(N)CC3=CCNC3C(=N)N)C(=O)O)c(C)c2c1. The molecule has 0 saturated heterocycles. The van der Waals surface area contributed by atoms with Crippen molar-refractivity contribution in [3.63, 3.8) is 0 Å². The van der Waals surface area contributed by atoms with Crippen LogP contribution in [-0.4, -0.2) is 59.9 Å². The van der Waals surface area contributed by atoms with Crippen LogP contribution in [0, 0.1) is 12.3 Å². The van der Waals surface area contributed by atoms with Gasteiger partial charge in [0.05, 0.1) is 12.1 Å². The highest BCUT2D eigenvalue weighted by atomic mass is 16.4. The molecule has 200 valence electrons. The van der Waals surface area contributed by atoms with Crippen LogP contribution in [-0.2, 0) is 27.2 Å². The van der Waals surface area contributed by atoms with E-state index in [2.05, 4.69) is 22.9 Å². The molecule has 0 radical (unpaired) electrons. The molecule has 11 nitrogen and oxygen atoms in total. The number of furan rings is 1. The maximum absolute atomic E-state index is 12.4. The number of carboxylic acid groups (broad SMARTS) is 1. The largest absolute Gasteiger partial charge is 0.480 e. The Bertz CT molecular complexity index is 1200. The van der Waals surface area contributed by atoms with Crippen LogP contribution in [0.1, 0.15) is 43.1 Å². The summed E-state index contributed by atoms with van der Waals surface area (Å²) in [6.45, 7) is 4.72. The number of carbonyl (C=O) groups is 3. The van der Waals surface area contributed by atoms with Crippen molar-refractivity contribution in [3.8, 4) is 0 Å². The van der Waals surface area contributed by atoms with E-state index in [1.54, 1.807) is 0 Å². The minimum absolute atomic E-state index is 0.0249. The van der Waals surface area contributed by atoms with Gasteiger partial charge in [-0.2, -0.15) is 0 Å². The molecule has 0 aliphatic carbocycles. The second kappa shape index (κ2) is 12.5. The van der Waals surface area contributed by atoms with Crippen molar-refractivity contribution < 1.29 is 23.9 Å². The highest BCUT2D eigenvalue weighted by molar-refractivity contribution is 5.88. The first kappa shape index (κ1) is 27.9. The molecule has 0 bridgehead atoms. The smallest absolute Gasteiger partial charge is 0.326 e. The maximum atomic E-state index is 12.4. The predicted molar refractivity (Wildman–Crippen MR) is 140 cm³/mol. The molecular weight excluding hydrogens is 476 g/mol. The van der Waals surface area contributed by atoms with Crippen LogP contribution in [0.5, 0.6) is 0 Å². The fourth-order valence-electron chi connectivity index (χ4n) is 4.39. The number of carbonyl (C=O) groups excluding carboxylic acids is 2. The van der Waals surface area contributed by atoms with E-state index >= 15 is 0 Å². The van der Waals surface area contributed by atoms with Gasteiger partial charge in [0, 0.05) is 31.3 Å². The third-order valence-electron chi connectivity index (χ3n) is 6.57. The van der Waals surface area contributed by atoms with Gasteiger partial charge in [-0.15, -0.1) is 0 Å². The molecule has 0 spiro atoms. The fraction of sp³-hybridized carbons (Fsp3) is 0.462. The number of carboxylic acids is 1. The van der Waals surface area contributed by atoms with Crippen LogP contribution in [0.3, 0.4) is 0 Å². The number of amidine groups is 1. The molecule has 9 N–H and O–H groups in total. The Morgan fingerprint density at radius 3 is 2.73 bits per heavy atom. The van der Waals surface area contributed by atoms with Crippen LogP contribution in [0.25, 0.3) is 11.0 Å². The van der Waals surface area contributed by atoms with Gasteiger partial charge in [-0.25, -0.2) is 4.79 Å². The van der Waals surface area contributed by atoms with Gasteiger partial charge in [0.25, 0.3) is 0 Å². The summed E-state index contributed by atoms with van der Waals surface area (Å²) in [5.41, 5.74) is 15.1. The Morgan fingerprint density at radius 1 is 1.30 bits per heavy atom. The second-order valence-electron chi connectivity index (χ2n) is 9.28. The Morgan fingerprint density at radius 2 is 2.05 bits per heavy atom. The van der Waals surface area contributed by atoms with E-state index in [1.165, 1.54) is 0 Å². The number of aryl methyl sites for hydroxylation is 2. The standard InChI is InChI=1S/C26H36N6O5/c1-3-15-6-7-20-17(11-15)14(2)21(37-20)13-19(26(35)36)32-22(33)5-4-9-31-25(34)18(27)12-16-8-10-30-23(16)24(28)29/h6-8,11,18-19,23,30H,3-5,9-10,12-13,27H2,1-2H3,(H3,28,29)(H,31,34)(H,32,33)(H,35,36). The summed E-state index contributed by atoms with van der Waals surface area (Å²) in [5.74, 6) is -1.45. The minimum Gasteiger partial charge on any atom is -0.480 e. The highest BCUT2D eigenvalue weighted by Crippen LogP contribution is 2.27. The molecule has 3 unspecified atom stereocenters. The number of hydrogen-bond acceptors (Lipinski definition) is 7. The highest BCUT2D eigenvalue weighted by Gasteiger charge is 2.26. The van der Waals surface area contributed by atoms with Crippen LogP contribution in [0.15, 0.2) is 34.3 Å². The molecule has 37 heavy (non-hydrogen) atoms. The zero-order valence-electron chi connectivity index (χ0n) is 21.2. The molecule has 2 heterocycles. The molecule has 3 atom stereocenters. The number of rotatable bonds is 13. The van der Waals surface area contributed by atoms with Crippen LogP contribution >= 0.6 is 0 Å². The van der Waals surface area contributed by atoms with Crippen molar-refractivity contribution >= 4 is 34.6 Å². The van der Waals surface area contributed by atoms with Crippen LogP contribution < -0.4 is 27.4 Å². The molecule has 1 aromatic heterocycles. The van der Waals surface area contributed by atoms with E-state index in [1.807, 2.05) is 31.2 Å². The molecule has 1 aliphatic rings. The van der Waals surface area contributed by atoms with Gasteiger partial charge in [0.2, 0.25) is 11.8 Å². The summed E-state index contributed by atoms with van der Waals surface area (Å²) < 4.78 is 5.87. The molecule has 3 rings (SSSR count). The third-order valence-corrected chi connectivity index (χ3v) is 6.57. The van der Waals surface area contributed by atoms with E-state index in [0.29, 0.717) is 24.3 Å². The lowest BCUT2D eigenvalue weighted by molar-refractivity contribution is -0.141. The van der Waals surface area contributed by atoms with E-state index in [4.69, 9.17) is 21.3 Å². The number of benzene rings is 1. The average Bonchev–Trinajstić information content (AvgIpc) is 3.45. The number of nitrogens with two attached hydrogens (primary N) is 2. The predicted octanol–water partition coefficient (Wildman–Crippen LogP) is 0.863. The van der Waals surface area contributed by atoms with E-state index in [-0.39, 0.29) is 37.6 Å². The van der Waals surface area contributed by atoms with Crippen molar-refractivity contribution in [1.82, 2.24) is 16.0 Å². The fourth-order valence-corrected chi connectivity index (χ4v) is 4.39. The number of nitrogens with one attached hydrogen (secondary N) is 4. The molecular formula is C26H36N6O5. The monoisotopic (exact) mass is 512 g/mol.